The van der Waals surface area contributed by atoms with Crippen molar-refractivity contribution in [1.29, 1.82) is 0 Å². The Bertz CT molecular complexity index is 737. The Kier molecular flexibility index (Phi) is 5.88. The predicted octanol–water partition coefficient (Wildman–Crippen LogP) is 2.30. The molecule has 2 aromatic heterocycles. The summed E-state index contributed by atoms with van der Waals surface area (Å²) in [5.74, 6) is 1.77. The first-order valence-corrected chi connectivity index (χ1v) is 9.09. The highest BCUT2D eigenvalue weighted by atomic mass is 16.5. The van der Waals surface area contributed by atoms with E-state index in [2.05, 4.69) is 15.3 Å². The Morgan fingerprint density at radius 1 is 1.38 bits per heavy atom. The van der Waals surface area contributed by atoms with Crippen LogP contribution in [0.4, 0.5) is 5.82 Å². The van der Waals surface area contributed by atoms with Gasteiger partial charge in [-0.3, -0.25) is 4.79 Å². The van der Waals surface area contributed by atoms with E-state index in [-0.39, 0.29) is 18.6 Å². The summed E-state index contributed by atoms with van der Waals surface area (Å²) in [6.45, 7) is 5.47. The molecular formula is C19H27N5O2. The smallest absolute Gasteiger partial charge is 0.248 e. The third-order valence-electron chi connectivity index (χ3n) is 4.77. The van der Waals surface area contributed by atoms with Gasteiger partial charge in [-0.1, -0.05) is 6.07 Å². The van der Waals surface area contributed by atoms with Crippen molar-refractivity contribution in [3.05, 3.63) is 42.1 Å². The van der Waals surface area contributed by atoms with Gasteiger partial charge < -0.3 is 19.5 Å². The number of nitrogens with zero attached hydrogens (tertiary/aromatic N) is 4. The molecular weight excluding hydrogens is 330 g/mol. The molecule has 2 aromatic rings. The van der Waals surface area contributed by atoms with E-state index in [1.807, 2.05) is 54.8 Å². The SMILES string of the molecule is Cc1cccc(NC2CCN(C(=O)COC(C)c3nccn3C)CC2)n1. The molecule has 26 heavy (non-hydrogen) atoms. The number of hydrogen-bond acceptors (Lipinski definition) is 5. The Labute approximate surface area is 154 Å². The van der Waals surface area contributed by atoms with Gasteiger partial charge in [0.25, 0.3) is 0 Å². The normalized spacial score (nSPS) is 16.5. The van der Waals surface area contributed by atoms with Crippen molar-refractivity contribution in [3.63, 3.8) is 0 Å². The molecule has 1 aliphatic heterocycles. The zero-order chi connectivity index (χ0) is 18.5. The molecule has 0 aromatic carbocycles. The van der Waals surface area contributed by atoms with Gasteiger partial charge in [0.15, 0.2) is 0 Å². The first kappa shape index (κ1) is 18.4. The molecule has 0 aliphatic carbocycles. The molecule has 7 nitrogen and oxygen atoms in total. The van der Waals surface area contributed by atoms with E-state index in [9.17, 15) is 4.79 Å². The molecule has 140 valence electrons. The third-order valence-corrected chi connectivity index (χ3v) is 4.77. The minimum absolute atomic E-state index is 0.0400. The van der Waals surface area contributed by atoms with E-state index in [0.29, 0.717) is 6.04 Å². The molecule has 0 saturated carbocycles. The minimum Gasteiger partial charge on any atom is -0.367 e. The Hall–Kier alpha value is -2.41. The summed E-state index contributed by atoms with van der Waals surface area (Å²) in [6.07, 6.45) is 5.23. The number of carbonyl (C=O) groups is 1. The van der Waals surface area contributed by atoms with Gasteiger partial charge in [-0.05, 0) is 38.8 Å². The monoisotopic (exact) mass is 357 g/mol. The number of likely N-dealkylation sites (tertiary alicyclic amines) is 1. The number of ether oxygens (including phenoxy) is 1. The number of carbonyl (C=O) groups excluding carboxylic acids is 1. The fourth-order valence-corrected chi connectivity index (χ4v) is 3.24. The van der Waals surface area contributed by atoms with Gasteiger partial charge in [0.1, 0.15) is 24.4 Å². The summed E-state index contributed by atoms with van der Waals surface area (Å²) in [7, 11) is 1.92. The maximum atomic E-state index is 12.4. The number of aromatic nitrogens is 3. The van der Waals surface area contributed by atoms with E-state index < -0.39 is 0 Å². The number of aryl methyl sites for hydroxylation is 2. The van der Waals surface area contributed by atoms with Crippen LogP contribution in [-0.2, 0) is 16.6 Å². The fraction of sp³-hybridized carbons (Fsp3) is 0.526. The second kappa shape index (κ2) is 8.31. The lowest BCUT2D eigenvalue weighted by molar-refractivity contribution is -0.139. The lowest BCUT2D eigenvalue weighted by Crippen LogP contribution is -2.44. The summed E-state index contributed by atoms with van der Waals surface area (Å²) in [4.78, 5) is 23.0. The summed E-state index contributed by atoms with van der Waals surface area (Å²) < 4.78 is 7.63. The number of nitrogens with one attached hydrogen (secondary N) is 1. The molecule has 3 heterocycles. The van der Waals surface area contributed by atoms with Crippen LogP contribution in [0.25, 0.3) is 0 Å². The van der Waals surface area contributed by atoms with Gasteiger partial charge in [0.2, 0.25) is 5.91 Å². The maximum Gasteiger partial charge on any atom is 0.248 e. The molecule has 1 unspecified atom stereocenters. The summed E-state index contributed by atoms with van der Waals surface area (Å²) in [6, 6.07) is 6.32. The fourth-order valence-electron chi connectivity index (χ4n) is 3.24. The molecule has 1 N–H and O–H groups in total. The minimum atomic E-state index is -0.203. The van der Waals surface area contributed by atoms with E-state index in [0.717, 1.165) is 43.3 Å². The molecule has 1 fully saturated rings. The quantitative estimate of drug-likeness (QED) is 0.859. The van der Waals surface area contributed by atoms with Crippen LogP contribution in [0.1, 0.15) is 37.4 Å². The Morgan fingerprint density at radius 3 is 2.81 bits per heavy atom. The van der Waals surface area contributed by atoms with Crippen LogP contribution in [0.2, 0.25) is 0 Å². The van der Waals surface area contributed by atoms with Crippen molar-refractivity contribution in [1.82, 2.24) is 19.4 Å². The van der Waals surface area contributed by atoms with Crippen LogP contribution in [0.3, 0.4) is 0 Å². The summed E-state index contributed by atoms with van der Waals surface area (Å²) in [5, 5.41) is 3.46. The molecule has 1 amide bonds. The van der Waals surface area contributed by atoms with Crippen molar-refractivity contribution in [2.24, 2.45) is 7.05 Å². The molecule has 1 aliphatic rings. The molecule has 3 rings (SSSR count). The molecule has 0 spiro atoms. The van der Waals surface area contributed by atoms with Crippen molar-refractivity contribution >= 4 is 11.7 Å². The van der Waals surface area contributed by atoms with Crippen molar-refractivity contribution < 1.29 is 9.53 Å². The van der Waals surface area contributed by atoms with Gasteiger partial charge in [0, 0.05) is 44.3 Å². The van der Waals surface area contributed by atoms with E-state index in [1.54, 1.807) is 6.20 Å². The van der Waals surface area contributed by atoms with Gasteiger partial charge >= 0.3 is 0 Å². The standard InChI is InChI=1S/C19H27N5O2/c1-14-5-4-6-17(21-14)22-16-7-10-24(11-8-16)18(25)13-26-15(2)19-20-9-12-23(19)3/h4-6,9,12,15-16H,7-8,10-11,13H2,1-3H3,(H,21,22). The molecule has 0 bridgehead atoms. The lowest BCUT2D eigenvalue weighted by atomic mass is 10.0. The van der Waals surface area contributed by atoms with Crippen LogP contribution in [0, 0.1) is 6.92 Å². The van der Waals surface area contributed by atoms with Gasteiger partial charge in [-0.25, -0.2) is 9.97 Å². The van der Waals surface area contributed by atoms with Crippen LogP contribution in [0.5, 0.6) is 0 Å². The third kappa shape index (κ3) is 4.60. The van der Waals surface area contributed by atoms with Crippen molar-refractivity contribution in [2.45, 2.75) is 38.8 Å². The second-order valence-electron chi connectivity index (χ2n) is 6.81. The van der Waals surface area contributed by atoms with Gasteiger partial charge in [-0.15, -0.1) is 0 Å². The van der Waals surface area contributed by atoms with Crippen LogP contribution in [0.15, 0.2) is 30.6 Å². The van der Waals surface area contributed by atoms with E-state index in [4.69, 9.17) is 4.74 Å². The largest absolute Gasteiger partial charge is 0.367 e. The highest BCUT2D eigenvalue weighted by Gasteiger charge is 2.24. The van der Waals surface area contributed by atoms with Crippen LogP contribution in [-0.4, -0.2) is 51.1 Å². The lowest BCUT2D eigenvalue weighted by Gasteiger charge is -2.32. The average molecular weight is 357 g/mol. The van der Waals surface area contributed by atoms with Gasteiger partial charge in [0.05, 0.1) is 0 Å². The van der Waals surface area contributed by atoms with Gasteiger partial charge in [-0.2, -0.15) is 0 Å². The van der Waals surface area contributed by atoms with Crippen LogP contribution >= 0.6 is 0 Å². The number of anilines is 1. The number of pyridine rings is 1. The number of rotatable bonds is 6. The molecule has 7 heteroatoms. The Morgan fingerprint density at radius 2 is 2.15 bits per heavy atom. The summed E-state index contributed by atoms with van der Waals surface area (Å²) >= 11 is 0. The average Bonchev–Trinajstić information content (AvgIpc) is 3.06. The highest BCUT2D eigenvalue weighted by Crippen LogP contribution is 2.17. The van der Waals surface area contributed by atoms with Crippen LogP contribution < -0.4 is 5.32 Å². The highest BCUT2D eigenvalue weighted by molar-refractivity contribution is 5.77. The number of imidazole rings is 1. The summed E-state index contributed by atoms with van der Waals surface area (Å²) in [5.41, 5.74) is 1.00. The second-order valence-corrected chi connectivity index (χ2v) is 6.81. The number of hydrogen-bond donors (Lipinski definition) is 1. The molecule has 1 saturated heterocycles. The Balaban J connectivity index is 1.42. The first-order valence-electron chi connectivity index (χ1n) is 9.09. The van der Waals surface area contributed by atoms with Crippen molar-refractivity contribution in [3.8, 4) is 0 Å². The maximum absolute atomic E-state index is 12.4. The topological polar surface area (TPSA) is 72.3 Å². The zero-order valence-corrected chi connectivity index (χ0v) is 15.7. The number of piperidine rings is 1. The van der Waals surface area contributed by atoms with E-state index >= 15 is 0 Å². The molecule has 0 radical (unpaired) electrons. The first-order chi connectivity index (χ1) is 12.5. The van der Waals surface area contributed by atoms with E-state index in [1.165, 1.54) is 0 Å². The molecule has 1 atom stereocenters. The zero-order valence-electron chi connectivity index (χ0n) is 15.7. The van der Waals surface area contributed by atoms with Crippen molar-refractivity contribution in [2.75, 3.05) is 25.0 Å². The predicted molar refractivity (Wildman–Crippen MR) is 99.8 cm³/mol. The number of amides is 1.